The van der Waals surface area contributed by atoms with Crippen molar-refractivity contribution in [2.75, 3.05) is 0 Å². The van der Waals surface area contributed by atoms with Crippen molar-refractivity contribution in [3.05, 3.63) is 29.8 Å². The quantitative estimate of drug-likeness (QED) is 0.565. The summed E-state index contributed by atoms with van der Waals surface area (Å²) in [6.45, 7) is 2.28. The van der Waals surface area contributed by atoms with Crippen LogP contribution in [0.3, 0.4) is 0 Å². The third kappa shape index (κ3) is 0.739. The number of benzene rings is 1. The first-order chi connectivity index (χ1) is 5.86. The molecule has 1 saturated carbocycles. The minimum absolute atomic E-state index is 0.528. The molecular formula is C11H12O. The smallest absolute Gasteiger partial charge is 0.122 e. The van der Waals surface area contributed by atoms with Crippen LogP contribution in [0.15, 0.2) is 24.3 Å². The lowest BCUT2D eigenvalue weighted by molar-refractivity contribution is 0.258. The Hall–Kier alpha value is -0.980. The zero-order chi connectivity index (χ0) is 8.13. The van der Waals surface area contributed by atoms with Crippen molar-refractivity contribution in [1.29, 1.82) is 0 Å². The summed E-state index contributed by atoms with van der Waals surface area (Å²) in [6.07, 6.45) is 1.75. The molecule has 1 aliphatic heterocycles. The standard InChI is InChI=1S/C11H12O/c1-7-9-6-8-4-2-3-5-10(8)12-11(7)9/h2-5,7,9,11H,6H2,1H3. The monoisotopic (exact) mass is 160 g/mol. The molecule has 0 radical (unpaired) electrons. The number of rotatable bonds is 0. The van der Waals surface area contributed by atoms with Crippen LogP contribution in [0, 0.1) is 11.8 Å². The van der Waals surface area contributed by atoms with E-state index in [1.807, 2.05) is 6.07 Å². The molecule has 3 rings (SSSR count). The van der Waals surface area contributed by atoms with E-state index < -0.39 is 0 Å². The van der Waals surface area contributed by atoms with Gasteiger partial charge >= 0.3 is 0 Å². The van der Waals surface area contributed by atoms with Crippen LogP contribution >= 0.6 is 0 Å². The molecule has 1 aliphatic carbocycles. The van der Waals surface area contributed by atoms with E-state index in [9.17, 15) is 0 Å². The van der Waals surface area contributed by atoms with Gasteiger partial charge in [-0.05, 0) is 24.0 Å². The predicted octanol–water partition coefficient (Wildman–Crippen LogP) is 2.26. The van der Waals surface area contributed by atoms with Gasteiger partial charge in [0.2, 0.25) is 0 Å². The molecule has 1 heteroatoms. The van der Waals surface area contributed by atoms with Gasteiger partial charge in [-0.25, -0.2) is 0 Å². The fraction of sp³-hybridized carbons (Fsp3) is 0.455. The van der Waals surface area contributed by atoms with E-state index in [1.54, 1.807) is 0 Å². The molecule has 3 atom stereocenters. The third-order valence-corrected chi connectivity index (χ3v) is 3.17. The summed E-state index contributed by atoms with van der Waals surface area (Å²) < 4.78 is 5.82. The Morgan fingerprint density at radius 3 is 3.08 bits per heavy atom. The molecule has 0 amide bonds. The maximum Gasteiger partial charge on any atom is 0.122 e. The van der Waals surface area contributed by atoms with Crippen molar-refractivity contribution in [2.24, 2.45) is 11.8 Å². The molecule has 1 aromatic rings. The van der Waals surface area contributed by atoms with Gasteiger partial charge in [0.05, 0.1) is 0 Å². The summed E-state index contributed by atoms with van der Waals surface area (Å²) in [5.41, 5.74) is 1.39. The van der Waals surface area contributed by atoms with Crippen molar-refractivity contribution in [3.8, 4) is 5.75 Å². The summed E-state index contributed by atoms with van der Waals surface area (Å²) in [7, 11) is 0. The fourth-order valence-corrected chi connectivity index (χ4v) is 2.19. The van der Waals surface area contributed by atoms with Crippen LogP contribution in [0.25, 0.3) is 0 Å². The van der Waals surface area contributed by atoms with Crippen LogP contribution in [-0.2, 0) is 6.42 Å². The Morgan fingerprint density at radius 1 is 1.33 bits per heavy atom. The predicted molar refractivity (Wildman–Crippen MR) is 47.2 cm³/mol. The summed E-state index contributed by atoms with van der Waals surface area (Å²) in [4.78, 5) is 0. The molecule has 0 aromatic heterocycles. The first-order valence-electron chi connectivity index (χ1n) is 4.61. The van der Waals surface area contributed by atoms with Gasteiger partial charge in [-0.3, -0.25) is 0 Å². The number of fused-ring (bicyclic) bond motifs is 2. The molecule has 1 heterocycles. The maximum absolute atomic E-state index is 5.82. The Kier molecular flexibility index (Phi) is 1.11. The van der Waals surface area contributed by atoms with Crippen molar-refractivity contribution in [3.63, 3.8) is 0 Å². The maximum atomic E-state index is 5.82. The van der Waals surface area contributed by atoms with Gasteiger partial charge in [0.1, 0.15) is 11.9 Å². The van der Waals surface area contributed by atoms with E-state index in [1.165, 1.54) is 12.0 Å². The van der Waals surface area contributed by atoms with Crippen LogP contribution in [0.2, 0.25) is 0 Å². The number of para-hydroxylation sites is 1. The lowest BCUT2D eigenvalue weighted by Gasteiger charge is -2.15. The molecule has 3 unspecified atom stereocenters. The molecule has 1 aromatic carbocycles. The molecule has 1 nitrogen and oxygen atoms in total. The summed E-state index contributed by atoms with van der Waals surface area (Å²) in [5, 5.41) is 0. The molecule has 0 saturated heterocycles. The van der Waals surface area contributed by atoms with Crippen LogP contribution in [0.4, 0.5) is 0 Å². The average molecular weight is 160 g/mol. The van der Waals surface area contributed by atoms with Gasteiger partial charge in [-0.1, -0.05) is 25.1 Å². The molecule has 0 spiro atoms. The molecule has 62 valence electrons. The van der Waals surface area contributed by atoms with E-state index in [0.29, 0.717) is 6.10 Å². The molecular weight excluding hydrogens is 148 g/mol. The summed E-state index contributed by atoms with van der Waals surface area (Å²) in [5.74, 6) is 2.69. The third-order valence-electron chi connectivity index (χ3n) is 3.17. The molecule has 0 bridgehead atoms. The van der Waals surface area contributed by atoms with Crippen molar-refractivity contribution in [1.82, 2.24) is 0 Å². The Labute approximate surface area is 72.4 Å². The highest BCUT2D eigenvalue weighted by Gasteiger charge is 2.51. The van der Waals surface area contributed by atoms with Gasteiger partial charge in [0.15, 0.2) is 0 Å². The van der Waals surface area contributed by atoms with Crippen molar-refractivity contribution >= 4 is 0 Å². The average Bonchev–Trinajstić information content (AvgIpc) is 2.74. The molecule has 1 fully saturated rings. The number of ether oxygens (including phenoxy) is 1. The van der Waals surface area contributed by atoms with E-state index in [2.05, 4.69) is 25.1 Å². The van der Waals surface area contributed by atoms with Crippen LogP contribution < -0.4 is 4.74 Å². The van der Waals surface area contributed by atoms with Crippen LogP contribution in [-0.4, -0.2) is 6.10 Å². The van der Waals surface area contributed by atoms with Crippen LogP contribution in [0.1, 0.15) is 12.5 Å². The van der Waals surface area contributed by atoms with Gasteiger partial charge in [-0.2, -0.15) is 0 Å². The van der Waals surface area contributed by atoms with Gasteiger partial charge in [0.25, 0.3) is 0 Å². The minimum Gasteiger partial charge on any atom is -0.490 e. The topological polar surface area (TPSA) is 9.23 Å². The minimum atomic E-state index is 0.528. The van der Waals surface area contributed by atoms with E-state index >= 15 is 0 Å². The van der Waals surface area contributed by atoms with Crippen molar-refractivity contribution in [2.45, 2.75) is 19.4 Å². The lowest BCUT2D eigenvalue weighted by Crippen LogP contribution is -2.09. The van der Waals surface area contributed by atoms with E-state index in [4.69, 9.17) is 4.74 Å². The van der Waals surface area contributed by atoms with E-state index in [-0.39, 0.29) is 0 Å². The van der Waals surface area contributed by atoms with Gasteiger partial charge < -0.3 is 4.74 Å². The largest absolute Gasteiger partial charge is 0.490 e. The van der Waals surface area contributed by atoms with Crippen LogP contribution in [0.5, 0.6) is 5.75 Å². The first kappa shape index (κ1) is 6.53. The highest BCUT2D eigenvalue weighted by atomic mass is 16.5. The molecule has 0 N–H and O–H groups in total. The second-order valence-electron chi connectivity index (χ2n) is 3.92. The lowest BCUT2D eigenvalue weighted by atomic mass is 10.1. The molecule has 12 heavy (non-hydrogen) atoms. The Bertz CT molecular complexity index is 288. The zero-order valence-corrected chi connectivity index (χ0v) is 7.16. The second-order valence-corrected chi connectivity index (χ2v) is 3.92. The highest BCUT2D eigenvalue weighted by Crippen LogP contribution is 2.49. The number of hydrogen-bond acceptors (Lipinski definition) is 1. The summed E-state index contributed by atoms with van der Waals surface area (Å²) in [6, 6.07) is 8.40. The fourth-order valence-electron chi connectivity index (χ4n) is 2.19. The Morgan fingerprint density at radius 2 is 2.17 bits per heavy atom. The van der Waals surface area contributed by atoms with E-state index in [0.717, 1.165) is 17.6 Å². The van der Waals surface area contributed by atoms with Crippen molar-refractivity contribution < 1.29 is 4.74 Å². The SMILES string of the molecule is CC1C2Cc3ccccc3OC12. The second kappa shape index (κ2) is 2.03. The highest BCUT2D eigenvalue weighted by molar-refractivity contribution is 5.38. The first-order valence-corrected chi connectivity index (χ1v) is 4.61. The molecule has 2 aliphatic rings. The number of hydrogen-bond donors (Lipinski definition) is 0. The normalized spacial score (nSPS) is 36.2. The zero-order valence-electron chi connectivity index (χ0n) is 7.16. The Balaban J connectivity index is 2.00. The van der Waals surface area contributed by atoms with Gasteiger partial charge in [-0.15, -0.1) is 0 Å². The van der Waals surface area contributed by atoms with Gasteiger partial charge in [0, 0.05) is 5.92 Å². The summed E-state index contributed by atoms with van der Waals surface area (Å²) >= 11 is 0.